The Bertz CT molecular complexity index is 1660. The zero-order chi connectivity index (χ0) is 22.7. The van der Waals surface area contributed by atoms with Crippen LogP contribution >= 0.6 is 0 Å². The Morgan fingerprint density at radius 1 is 0.471 bits per heavy atom. The standard InChI is InChI=1S/C33H24Si/c1-23-11-10-13-25-21-31-29-20-19-24-12-8-9-18-28(24)33(29)34(32(31)22-30(23)25,26-14-4-2-5-15-26)27-16-6-3-7-17-27/h2-22H,1H3. The smallest absolute Gasteiger partial charge is 0.0623 e. The Hall–Kier alpha value is -3.94. The minimum absolute atomic E-state index is 1.32. The fourth-order valence-corrected chi connectivity index (χ4v) is 11.6. The van der Waals surface area contributed by atoms with Crippen molar-refractivity contribution >= 4 is 50.4 Å². The molecule has 1 heterocycles. The summed E-state index contributed by atoms with van der Waals surface area (Å²) in [5.41, 5.74) is 4.14. The highest BCUT2D eigenvalue weighted by molar-refractivity contribution is 7.23. The predicted molar refractivity (Wildman–Crippen MR) is 149 cm³/mol. The van der Waals surface area contributed by atoms with Crippen LogP contribution in [0.3, 0.4) is 0 Å². The molecule has 0 nitrogen and oxygen atoms in total. The lowest BCUT2D eigenvalue weighted by Crippen LogP contribution is -2.73. The van der Waals surface area contributed by atoms with Gasteiger partial charge in [0.2, 0.25) is 0 Å². The maximum absolute atomic E-state index is 2.53. The van der Waals surface area contributed by atoms with Crippen molar-refractivity contribution < 1.29 is 0 Å². The molecule has 0 unspecified atom stereocenters. The first-order chi connectivity index (χ1) is 16.8. The van der Waals surface area contributed by atoms with Crippen molar-refractivity contribution in [1.29, 1.82) is 0 Å². The highest BCUT2D eigenvalue weighted by atomic mass is 28.3. The third kappa shape index (κ3) is 2.53. The van der Waals surface area contributed by atoms with E-state index >= 15 is 0 Å². The number of hydrogen-bond donors (Lipinski definition) is 0. The number of aryl methyl sites for hydroxylation is 1. The molecule has 1 heteroatoms. The van der Waals surface area contributed by atoms with Crippen LogP contribution in [0.5, 0.6) is 0 Å². The van der Waals surface area contributed by atoms with E-state index < -0.39 is 8.07 Å². The summed E-state index contributed by atoms with van der Waals surface area (Å²) in [7, 11) is -2.53. The summed E-state index contributed by atoms with van der Waals surface area (Å²) < 4.78 is 0. The zero-order valence-corrected chi connectivity index (χ0v) is 20.1. The fraction of sp³-hybridized carbons (Fsp3) is 0.0303. The van der Waals surface area contributed by atoms with E-state index in [1.54, 1.807) is 0 Å². The molecule has 7 rings (SSSR count). The first-order valence-electron chi connectivity index (χ1n) is 12.0. The van der Waals surface area contributed by atoms with E-state index in [2.05, 4.69) is 134 Å². The zero-order valence-electron chi connectivity index (χ0n) is 19.1. The molecular weight excluding hydrogens is 424 g/mol. The van der Waals surface area contributed by atoms with Crippen LogP contribution < -0.4 is 20.7 Å². The summed E-state index contributed by atoms with van der Waals surface area (Å²) in [6, 6.07) is 47.8. The largest absolute Gasteiger partial charge is 0.181 e. The van der Waals surface area contributed by atoms with Gasteiger partial charge in [0, 0.05) is 0 Å². The normalized spacial score (nSPS) is 13.7. The summed E-state index contributed by atoms with van der Waals surface area (Å²) >= 11 is 0. The van der Waals surface area contributed by atoms with Gasteiger partial charge in [-0.1, -0.05) is 121 Å². The van der Waals surface area contributed by atoms with Gasteiger partial charge in [-0.2, -0.15) is 0 Å². The Morgan fingerprint density at radius 2 is 1.12 bits per heavy atom. The van der Waals surface area contributed by atoms with E-state index in [1.165, 1.54) is 59.0 Å². The Labute approximate surface area is 201 Å². The summed E-state index contributed by atoms with van der Waals surface area (Å²) in [6.07, 6.45) is 0. The quantitative estimate of drug-likeness (QED) is 0.299. The van der Waals surface area contributed by atoms with E-state index in [4.69, 9.17) is 0 Å². The van der Waals surface area contributed by atoms with Crippen LogP contribution in [0.25, 0.3) is 32.7 Å². The molecule has 0 spiro atoms. The maximum Gasteiger partial charge on any atom is 0.181 e. The molecule has 160 valence electrons. The van der Waals surface area contributed by atoms with Crippen molar-refractivity contribution in [3.05, 3.63) is 133 Å². The SMILES string of the molecule is Cc1cccc2cc3c(cc12)[Si](c1ccccc1)(c1ccccc1)c1c-3ccc2ccccc12. The fourth-order valence-electron chi connectivity index (χ4n) is 6.19. The van der Waals surface area contributed by atoms with E-state index in [1.807, 2.05) is 0 Å². The molecule has 0 bridgehead atoms. The molecule has 6 aromatic rings. The summed E-state index contributed by atoms with van der Waals surface area (Å²) in [5.74, 6) is 0. The van der Waals surface area contributed by atoms with Gasteiger partial charge in [-0.15, -0.1) is 0 Å². The van der Waals surface area contributed by atoms with Crippen LogP contribution in [-0.4, -0.2) is 8.07 Å². The molecule has 0 radical (unpaired) electrons. The molecule has 1 aliphatic rings. The van der Waals surface area contributed by atoms with Gasteiger partial charge in [0.25, 0.3) is 0 Å². The van der Waals surface area contributed by atoms with Crippen LogP contribution in [0, 0.1) is 6.92 Å². The molecule has 6 aromatic carbocycles. The molecule has 1 aliphatic heterocycles. The molecule has 0 aromatic heterocycles. The second kappa shape index (κ2) is 7.28. The van der Waals surface area contributed by atoms with E-state index in [9.17, 15) is 0 Å². The van der Waals surface area contributed by atoms with Crippen molar-refractivity contribution in [1.82, 2.24) is 0 Å². The lowest BCUT2D eigenvalue weighted by molar-refractivity contribution is 1.54. The molecule has 0 fully saturated rings. The van der Waals surface area contributed by atoms with Gasteiger partial charge < -0.3 is 0 Å². The highest BCUT2D eigenvalue weighted by Crippen LogP contribution is 2.35. The lowest BCUT2D eigenvalue weighted by Gasteiger charge is -2.32. The molecular formula is C33H24Si. The first-order valence-corrected chi connectivity index (χ1v) is 14.0. The summed E-state index contributed by atoms with van der Waals surface area (Å²) in [5, 5.41) is 11.3. The van der Waals surface area contributed by atoms with Gasteiger partial charge in [0.05, 0.1) is 0 Å². The van der Waals surface area contributed by atoms with Crippen LogP contribution in [-0.2, 0) is 0 Å². The van der Waals surface area contributed by atoms with Gasteiger partial charge in [-0.3, -0.25) is 0 Å². The van der Waals surface area contributed by atoms with Crippen molar-refractivity contribution in [2.75, 3.05) is 0 Å². The van der Waals surface area contributed by atoms with E-state index in [0.717, 1.165) is 0 Å². The number of fused-ring (bicyclic) bond motifs is 6. The second-order valence-corrected chi connectivity index (χ2v) is 13.1. The minimum Gasteiger partial charge on any atom is -0.0623 e. The lowest BCUT2D eigenvalue weighted by atomic mass is 9.97. The van der Waals surface area contributed by atoms with Crippen molar-refractivity contribution in [3.8, 4) is 11.1 Å². The first kappa shape index (κ1) is 19.5. The highest BCUT2D eigenvalue weighted by Gasteiger charge is 2.49. The van der Waals surface area contributed by atoms with Crippen LogP contribution in [0.4, 0.5) is 0 Å². The van der Waals surface area contributed by atoms with Gasteiger partial charge in [0.15, 0.2) is 8.07 Å². The Morgan fingerprint density at radius 3 is 1.85 bits per heavy atom. The van der Waals surface area contributed by atoms with Gasteiger partial charge >= 0.3 is 0 Å². The molecule has 0 saturated carbocycles. The van der Waals surface area contributed by atoms with Crippen LogP contribution in [0.2, 0.25) is 0 Å². The number of rotatable bonds is 2. The van der Waals surface area contributed by atoms with E-state index in [0.29, 0.717) is 0 Å². The third-order valence-corrected chi connectivity index (χ3v) is 12.6. The average molecular weight is 449 g/mol. The Kier molecular flexibility index (Phi) is 4.18. The summed E-state index contributed by atoms with van der Waals surface area (Å²) in [4.78, 5) is 0. The van der Waals surface area contributed by atoms with Gasteiger partial charge in [-0.05, 0) is 72.0 Å². The van der Waals surface area contributed by atoms with Crippen molar-refractivity contribution in [2.45, 2.75) is 6.92 Å². The molecule has 0 N–H and O–H groups in total. The third-order valence-electron chi connectivity index (χ3n) is 7.65. The number of hydrogen-bond acceptors (Lipinski definition) is 0. The van der Waals surface area contributed by atoms with Crippen molar-refractivity contribution in [2.24, 2.45) is 0 Å². The monoisotopic (exact) mass is 448 g/mol. The molecule has 0 atom stereocenters. The Balaban J connectivity index is 1.76. The molecule has 0 aliphatic carbocycles. The molecule has 0 saturated heterocycles. The molecule has 34 heavy (non-hydrogen) atoms. The second-order valence-electron chi connectivity index (χ2n) is 9.39. The summed E-state index contributed by atoms with van der Waals surface area (Å²) in [6.45, 7) is 2.24. The van der Waals surface area contributed by atoms with Gasteiger partial charge in [-0.25, -0.2) is 0 Å². The van der Waals surface area contributed by atoms with E-state index in [-0.39, 0.29) is 0 Å². The number of benzene rings is 6. The minimum atomic E-state index is -2.53. The molecule has 0 amide bonds. The maximum atomic E-state index is 2.53. The van der Waals surface area contributed by atoms with Gasteiger partial charge in [0.1, 0.15) is 0 Å². The average Bonchev–Trinajstić information content (AvgIpc) is 3.20. The van der Waals surface area contributed by atoms with Crippen molar-refractivity contribution in [3.63, 3.8) is 0 Å². The van der Waals surface area contributed by atoms with Crippen LogP contribution in [0.1, 0.15) is 5.56 Å². The topological polar surface area (TPSA) is 0 Å². The van der Waals surface area contributed by atoms with Crippen LogP contribution in [0.15, 0.2) is 127 Å². The predicted octanol–water partition coefficient (Wildman–Crippen LogP) is 5.66.